The average Bonchev–Trinajstić information content (AvgIpc) is 2.64. The number of fused-ring (bicyclic) bond motifs is 1. The van der Waals surface area contributed by atoms with Crippen molar-refractivity contribution in [3.63, 3.8) is 0 Å². The highest BCUT2D eigenvalue weighted by atomic mass is 16.2. The molecule has 6 nitrogen and oxygen atoms in total. The largest absolute Gasteiger partial charge is 0.368 e. The Morgan fingerprint density at radius 2 is 2.00 bits per heavy atom. The van der Waals surface area contributed by atoms with Crippen molar-refractivity contribution in [2.24, 2.45) is 5.73 Å². The van der Waals surface area contributed by atoms with Gasteiger partial charge in [0, 0.05) is 13.0 Å². The van der Waals surface area contributed by atoms with E-state index >= 15 is 0 Å². The van der Waals surface area contributed by atoms with Gasteiger partial charge in [0.2, 0.25) is 17.7 Å². The molecule has 0 aromatic carbocycles. The first-order chi connectivity index (χ1) is 8.50. The third kappa shape index (κ3) is 2.32. The molecule has 3 N–H and O–H groups in total. The number of rotatable bonds is 2. The number of nitrogens with two attached hydrogens (primary N) is 1. The van der Waals surface area contributed by atoms with Crippen LogP contribution >= 0.6 is 0 Å². The summed E-state index contributed by atoms with van der Waals surface area (Å²) in [7, 11) is 0. The van der Waals surface area contributed by atoms with Gasteiger partial charge in [-0.15, -0.1) is 0 Å². The first-order valence-electron chi connectivity index (χ1n) is 6.39. The minimum Gasteiger partial charge on any atom is -0.368 e. The van der Waals surface area contributed by atoms with Gasteiger partial charge in [0.05, 0.1) is 0 Å². The summed E-state index contributed by atoms with van der Waals surface area (Å²) in [6.45, 7) is 1.39. The molecule has 0 spiro atoms. The van der Waals surface area contributed by atoms with Crippen LogP contribution in [-0.4, -0.2) is 40.7 Å². The Kier molecular flexibility index (Phi) is 3.54. The molecule has 2 heterocycles. The second-order valence-electron chi connectivity index (χ2n) is 5.08. The van der Waals surface area contributed by atoms with Gasteiger partial charge in [0.15, 0.2) is 0 Å². The smallest absolute Gasteiger partial charge is 0.246 e. The van der Waals surface area contributed by atoms with Gasteiger partial charge in [0.1, 0.15) is 12.1 Å². The SMILES string of the molecule is CC(=O)NC1CCCC2CCC(C(N)=O)N2C1=O. The van der Waals surface area contributed by atoms with Crippen LogP contribution in [0.4, 0.5) is 0 Å². The van der Waals surface area contributed by atoms with Crippen LogP contribution < -0.4 is 11.1 Å². The normalized spacial score (nSPS) is 31.7. The third-order valence-electron chi connectivity index (χ3n) is 3.79. The maximum Gasteiger partial charge on any atom is 0.246 e. The molecule has 0 aromatic rings. The number of amides is 3. The van der Waals surface area contributed by atoms with Crippen molar-refractivity contribution in [3.8, 4) is 0 Å². The van der Waals surface area contributed by atoms with Crippen LogP contribution in [-0.2, 0) is 14.4 Å². The fraction of sp³-hybridized carbons (Fsp3) is 0.750. The summed E-state index contributed by atoms with van der Waals surface area (Å²) in [5.74, 6) is -0.829. The van der Waals surface area contributed by atoms with E-state index in [1.165, 1.54) is 6.92 Å². The van der Waals surface area contributed by atoms with Gasteiger partial charge < -0.3 is 16.0 Å². The molecule has 2 saturated heterocycles. The van der Waals surface area contributed by atoms with E-state index in [1.54, 1.807) is 4.90 Å². The van der Waals surface area contributed by atoms with Crippen LogP contribution in [0.15, 0.2) is 0 Å². The van der Waals surface area contributed by atoms with Crippen molar-refractivity contribution < 1.29 is 14.4 Å². The molecule has 18 heavy (non-hydrogen) atoms. The molecule has 0 saturated carbocycles. The molecule has 3 atom stereocenters. The van der Waals surface area contributed by atoms with E-state index in [-0.39, 0.29) is 17.9 Å². The zero-order valence-corrected chi connectivity index (χ0v) is 10.5. The second-order valence-corrected chi connectivity index (χ2v) is 5.08. The van der Waals surface area contributed by atoms with Crippen LogP contribution in [0.5, 0.6) is 0 Å². The Morgan fingerprint density at radius 3 is 2.61 bits per heavy atom. The number of carbonyl (C=O) groups excluding carboxylic acids is 3. The lowest BCUT2D eigenvalue weighted by molar-refractivity contribution is -0.141. The lowest BCUT2D eigenvalue weighted by Gasteiger charge is -2.29. The van der Waals surface area contributed by atoms with Crippen molar-refractivity contribution in [2.45, 2.75) is 57.2 Å². The summed E-state index contributed by atoms with van der Waals surface area (Å²) in [5.41, 5.74) is 5.34. The molecular weight excluding hydrogens is 234 g/mol. The predicted molar refractivity (Wildman–Crippen MR) is 64.3 cm³/mol. The summed E-state index contributed by atoms with van der Waals surface area (Å²) < 4.78 is 0. The first kappa shape index (κ1) is 12.9. The van der Waals surface area contributed by atoms with Crippen LogP contribution in [0.1, 0.15) is 39.0 Å². The zero-order valence-electron chi connectivity index (χ0n) is 10.5. The van der Waals surface area contributed by atoms with Crippen molar-refractivity contribution >= 4 is 17.7 Å². The van der Waals surface area contributed by atoms with Gasteiger partial charge in [-0.05, 0) is 32.1 Å². The van der Waals surface area contributed by atoms with E-state index in [0.29, 0.717) is 12.8 Å². The average molecular weight is 253 g/mol. The topological polar surface area (TPSA) is 92.5 Å². The number of nitrogens with zero attached hydrogens (tertiary/aromatic N) is 1. The first-order valence-corrected chi connectivity index (χ1v) is 6.39. The quantitative estimate of drug-likeness (QED) is 0.696. The minimum absolute atomic E-state index is 0.105. The van der Waals surface area contributed by atoms with E-state index in [2.05, 4.69) is 5.32 Å². The maximum atomic E-state index is 12.4. The summed E-state index contributed by atoms with van der Waals surface area (Å²) in [6.07, 6.45) is 3.86. The molecule has 0 radical (unpaired) electrons. The molecule has 0 aliphatic carbocycles. The summed E-state index contributed by atoms with van der Waals surface area (Å²) in [4.78, 5) is 36.5. The second kappa shape index (κ2) is 4.96. The van der Waals surface area contributed by atoms with Crippen LogP contribution in [0.3, 0.4) is 0 Å². The molecule has 3 amide bonds. The number of nitrogens with one attached hydrogen (secondary N) is 1. The number of hydrogen-bond donors (Lipinski definition) is 2. The molecule has 2 aliphatic heterocycles. The number of hydrogen-bond acceptors (Lipinski definition) is 3. The highest BCUT2D eigenvalue weighted by molar-refractivity contribution is 5.92. The Hall–Kier alpha value is -1.59. The van der Waals surface area contributed by atoms with Gasteiger partial charge in [-0.1, -0.05) is 0 Å². The van der Waals surface area contributed by atoms with E-state index in [1.807, 2.05) is 0 Å². The number of carbonyl (C=O) groups is 3. The maximum absolute atomic E-state index is 12.4. The molecule has 3 unspecified atom stereocenters. The Balaban J connectivity index is 2.19. The highest BCUT2D eigenvalue weighted by Crippen LogP contribution is 2.31. The summed E-state index contributed by atoms with van der Waals surface area (Å²) >= 11 is 0. The molecule has 2 fully saturated rings. The van der Waals surface area contributed by atoms with Crippen LogP contribution in [0, 0.1) is 0 Å². The van der Waals surface area contributed by atoms with Crippen molar-refractivity contribution in [1.82, 2.24) is 10.2 Å². The highest BCUT2D eigenvalue weighted by Gasteiger charge is 2.43. The fourth-order valence-corrected chi connectivity index (χ4v) is 3.02. The minimum atomic E-state index is -0.507. The lowest BCUT2D eigenvalue weighted by Crippen LogP contribution is -2.53. The van der Waals surface area contributed by atoms with Crippen LogP contribution in [0.2, 0.25) is 0 Å². The fourth-order valence-electron chi connectivity index (χ4n) is 3.02. The Morgan fingerprint density at radius 1 is 1.28 bits per heavy atom. The van der Waals surface area contributed by atoms with Gasteiger partial charge in [0.25, 0.3) is 0 Å². The molecular formula is C12H19N3O3. The number of primary amides is 1. The van der Waals surface area contributed by atoms with Gasteiger partial charge >= 0.3 is 0 Å². The molecule has 100 valence electrons. The van der Waals surface area contributed by atoms with Gasteiger partial charge in [-0.2, -0.15) is 0 Å². The van der Waals surface area contributed by atoms with E-state index in [4.69, 9.17) is 5.73 Å². The standard InChI is InChI=1S/C12H19N3O3/c1-7(16)14-9-4-2-3-8-5-6-10(11(13)17)15(8)12(9)18/h8-10H,2-6H2,1H3,(H2,13,17)(H,14,16). The van der Waals surface area contributed by atoms with Crippen LogP contribution in [0.25, 0.3) is 0 Å². The van der Waals surface area contributed by atoms with Gasteiger partial charge in [-0.3, -0.25) is 14.4 Å². The van der Waals surface area contributed by atoms with E-state index in [9.17, 15) is 14.4 Å². The third-order valence-corrected chi connectivity index (χ3v) is 3.79. The molecule has 2 aliphatic rings. The lowest BCUT2D eigenvalue weighted by atomic mass is 10.1. The van der Waals surface area contributed by atoms with Crippen molar-refractivity contribution in [3.05, 3.63) is 0 Å². The summed E-state index contributed by atoms with van der Waals surface area (Å²) in [5, 5.41) is 2.66. The monoisotopic (exact) mass is 253 g/mol. The molecule has 0 bridgehead atoms. The molecule has 6 heteroatoms. The Labute approximate surface area is 106 Å². The molecule has 2 rings (SSSR count). The predicted octanol–water partition coefficient (Wildman–Crippen LogP) is -0.480. The van der Waals surface area contributed by atoms with E-state index in [0.717, 1.165) is 19.3 Å². The van der Waals surface area contributed by atoms with Crippen molar-refractivity contribution in [2.75, 3.05) is 0 Å². The molecule has 0 aromatic heterocycles. The van der Waals surface area contributed by atoms with Gasteiger partial charge in [-0.25, -0.2) is 0 Å². The summed E-state index contributed by atoms with van der Waals surface area (Å²) in [6, 6.07) is -0.905. The zero-order chi connectivity index (χ0) is 13.3. The van der Waals surface area contributed by atoms with E-state index < -0.39 is 18.0 Å². The van der Waals surface area contributed by atoms with Crippen molar-refractivity contribution in [1.29, 1.82) is 0 Å². The Bertz CT molecular complexity index is 383.